The summed E-state index contributed by atoms with van der Waals surface area (Å²) in [5, 5.41) is 8.29. The maximum Gasteiger partial charge on any atom is 0.276 e. The molecule has 7 heteroatoms. The Balaban J connectivity index is 1.61. The largest absolute Gasteiger partial charge is 0.349 e. The number of hydrogen-bond acceptors (Lipinski definition) is 3. The zero-order chi connectivity index (χ0) is 16.4. The van der Waals surface area contributed by atoms with Crippen LogP contribution in [0.25, 0.3) is 0 Å². The zero-order valence-electron chi connectivity index (χ0n) is 13.1. The molecular formula is C16H23N3O3S. The van der Waals surface area contributed by atoms with Crippen molar-refractivity contribution in [2.45, 2.75) is 38.1 Å². The van der Waals surface area contributed by atoms with Crippen LogP contribution in [0, 0.1) is 5.92 Å². The van der Waals surface area contributed by atoms with Gasteiger partial charge in [0.1, 0.15) is 0 Å². The first-order valence-electron chi connectivity index (χ1n) is 8.11. The monoisotopic (exact) mass is 337 g/mol. The van der Waals surface area contributed by atoms with Gasteiger partial charge in [-0.2, -0.15) is 12.7 Å². The third kappa shape index (κ3) is 3.73. The fourth-order valence-corrected chi connectivity index (χ4v) is 4.29. The molecule has 1 aromatic rings. The van der Waals surface area contributed by atoms with E-state index in [4.69, 9.17) is 5.14 Å². The molecule has 0 spiro atoms. The van der Waals surface area contributed by atoms with E-state index in [-0.39, 0.29) is 17.9 Å². The lowest BCUT2D eigenvalue weighted by atomic mass is 9.87. The quantitative estimate of drug-likeness (QED) is 0.865. The van der Waals surface area contributed by atoms with Crippen LogP contribution in [-0.2, 0) is 21.4 Å². The maximum absolute atomic E-state index is 12.5. The van der Waals surface area contributed by atoms with Crippen LogP contribution in [-0.4, -0.2) is 31.7 Å². The number of rotatable bonds is 3. The summed E-state index contributed by atoms with van der Waals surface area (Å²) in [6.45, 7) is 0.635. The zero-order valence-corrected chi connectivity index (χ0v) is 13.9. The number of piperidine rings is 1. The second-order valence-corrected chi connectivity index (χ2v) is 7.92. The summed E-state index contributed by atoms with van der Waals surface area (Å²) in [5.41, 5.74) is 2.53. The van der Waals surface area contributed by atoms with Crippen molar-refractivity contribution in [1.29, 1.82) is 0 Å². The van der Waals surface area contributed by atoms with Gasteiger partial charge in [0, 0.05) is 19.0 Å². The van der Waals surface area contributed by atoms with Gasteiger partial charge >= 0.3 is 0 Å². The molecule has 1 fully saturated rings. The number of carbonyl (C=O) groups is 1. The van der Waals surface area contributed by atoms with Crippen LogP contribution >= 0.6 is 0 Å². The molecule has 0 aromatic heterocycles. The predicted molar refractivity (Wildman–Crippen MR) is 87.7 cm³/mol. The van der Waals surface area contributed by atoms with E-state index in [1.165, 1.54) is 15.4 Å². The molecule has 1 atom stereocenters. The van der Waals surface area contributed by atoms with Crippen LogP contribution in [0.3, 0.4) is 0 Å². The summed E-state index contributed by atoms with van der Waals surface area (Å²) < 4.78 is 23.9. The molecule has 0 saturated carbocycles. The van der Waals surface area contributed by atoms with Gasteiger partial charge in [-0.25, -0.2) is 5.14 Å². The lowest BCUT2D eigenvalue weighted by Gasteiger charge is -2.32. The van der Waals surface area contributed by atoms with Gasteiger partial charge in [-0.05, 0) is 43.2 Å². The smallest absolute Gasteiger partial charge is 0.276 e. The summed E-state index contributed by atoms with van der Waals surface area (Å²) in [7, 11) is -3.64. The molecule has 3 rings (SSSR count). The van der Waals surface area contributed by atoms with Crippen molar-refractivity contribution in [2.24, 2.45) is 11.1 Å². The van der Waals surface area contributed by atoms with Crippen molar-refractivity contribution in [3.63, 3.8) is 0 Å². The first-order valence-corrected chi connectivity index (χ1v) is 9.61. The highest BCUT2D eigenvalue weighted by Gasteiger charge is 2.31. The van der Waals surface area contributed by atoms with Crippen molar-refractivity contribution >= 4 is 16.1 Å². The Morgan fingerprint density at radius 2 is 1.87 bits per heavy atom. The Hall–Kier alpha value is -1.44. The Labute approximate surface area is 137 Å². The molecular weight excluding hydrogens is 314 g/mol. The van der Waals surface area contributed by atoms with Crippen molar-refractivity contribution in [2.75, 3.05) is 13.1 Å². The number of amides is 1. The molecule has 1 saturated heterocycles. The number of hydrogen-bond donors (Lipinski definition) is 2. The third-order valence-electron chi connectivity index (χ3n) is 4.87. The molecule has 1 aliphatic heterocycles. The molecule has 1 aromatic carbocycles. The van der Waals surface area contributed by atoms with Crippen LogP contribution in [0.1, 0.15) is 42.9 Å². The van der Waals surface area contributed by atoms with Gasteiger partial charge in [-0.15, -0.1) is 0 Å². The topological polar surface area (TPSA) is 92.5 Å². The highest BCUT2D eigenvalue weighted by Crippen LogP contribution is 2.30. The second-order valence-electron chi connectivity index (χ2n) is 6.37. The minimum atomic E-state index is -3.64. The van der Waals surface area contributed by atoms with E-state index >= 15 is 0 Å². The normalized spacial score (nSPS) is 23.3. The first-order chi connectivity index (χ1) is 10.9. The molecule has 1 aliphatic carbocycles. The van der Waals surface area contributed by atoms with E-state index in [9.17, 15) is 13.2 Å². The van der Waals surface area contributed by atoms with E-state index in [1.54, 1.807) is 0 Å². The summed E-state index contributed by atoms with van der Waals surface area (Å²) in [5.74, 6) is -0.108. The SMILES string of the molecule is NS(=O)(=O)N1CCC(C(=O)NC2CCCc3ccccc32)CC1. The van der Waals surface area contributed by atoms with E-state index < -0.39 is 10.2 Å². The molecule has 1 unspecified atom stereocenters. The Bertz CT molecular complexity index is 682. The van der Waals surface area contributed by atoms with E-state index in [0.29, 0.717) is 25.9 Å². The van der Waals surface area contributed by atoms with Crippen molar-refractivity contribution in [1.82, 2.24) is 9.62 Å². The van der Waals surface area contributed by atoms with Gasteiger partial charge in [-0.1, -0.05) is 24.3 Å². The summed E-state index contributed by atoms with van der Waals surface area (Å²) >= 11 is 0. The average molecular weight is 337 g/mol. The second kappa shape index (κ2) is 6.59. The maximum atomic E-state index is 12.5. The minimum Gasteiger partial charge on any atom is -0.349 e. The average Bonchev–Trinajstić information content (AvgIpc) is 2.54. The number of fused-ring (bicyclic) bond motifs is 1. The van der Waals surface area contributed by atoms with Crippen LogP contribution in [0.4, 0.5) is 0 Å². The van der Waals surface area contributed by atoms with Gasteiger partial charge in [-0.3, -0.25) is 4.79 Å². The van der Waals surface area contributed by atoms with Crippen LogP contribution in [0.15, 0.2) is 24.3 Å². The number of carbonyl (C=O) groups excluding carboxylic acids is 1. The standard InChI is InChI=1S/C16H23N3O3S/c17-23(21,22)19-10-8-13(9-11-19)16(20)18-15-7-3-5-12-4-1-2-6-14(12)15/h1-2,4,6,13,15H,3,5,7-11H2,(H,18,20)(H2,17,21,22). The van der Waals surface area contributed by atoms with E-state index in [1.807, 2.05) is 12.1 Å². The van der Waals surface area contributed by atoms with Crippen molar-refractivity contribution in [3.05, 3.63) is 35.4 Å². The molecule has 1 heterocycles. The molecule has 2 aliphatic rings. The molecule has 23 heavy (non-hydrogen) atoms. The third-order valence-corrected chi connectivity index (χ3v) is 5.96. The number of nitrogens with one attached hydrogen (secondary N) is 1. The van der Waals surface area contributed by atoms with Crippen LogP contribution in [0.2, 0.25) is 0 Å². The van der Waals surface area contributed by atoms with Crippen LogP contribution in [0.5, 0.6) is 0 Å². The number of nitrogens with two attached hydrogens (primary N) is 1. The minimum absolute atomic E-state index is 0.0285. The summed E-state index contributed by atoms with van der Waals surface area (Å²) in [6, 6.07) is 8.32. The lowest BCUT2D eigenvalue weighted by molar-refractivity contribution is -0.127. The molecule has 0 bridgehead atoms. The Kier molecular flexibility index (Phi) is 4.70. The fraction of sp³-hybridized carbons (Fsp3) is 0.562. The Morgan fingerprint density at radius 1 is 1.17 bits per heavy atom. The fourth-order valence-electron chi connectivity index (χ4n) is 3.57. The van der Waals surface area contributed by atoms with Gasteiger partial charge in [0.2, 0.25) is 5.91 Å². The molecule has 3 N–H and O–H groups in total. The van der Waals surface area contributed by atoms with Crippen LogP contribution < -0.4 is 10.5 Å². The summed E-state index contributed by atoms with van der Waals surface area (Å²) in [4.78, 5) is 12.5. The molecule has 1 amide bonds. The number of benzene rings is 1. The molecule has 6 nitrogen and oxygen atoms in total. The van der Waals surface area contributed by atoms with Gasteiger partial charge in [0.15, 0.2) is 0 Å². The van der Waals surface area contributed by atoms with E-state index in [2.05, 4.69) is 17.4 Å². The highest BCUT2D eigenvalue weighted by molar-refractivity contribution is 7.86. The predicted octanol–water partition coefficient (Wildman–Crippen LogP) is 1.10. The molecule has 0 radical (unpaired) electrons. The van der Waals surface area contributed by atoms with Gasteiger partial charge in [0.25, 0.3) is 10.2 Å². The lowest BCUT2D eigenvalue weighted by Crippen LogP contribution is -2.46. The Morgan fingerprint density at radius 3 is 2.57 bits per heavy atom. The van der Waals surface area contributed by atoms with Crippen molar-refractivity contribution in [3.8, 4) is 0 Å². The van der Waals surface area contributed by atoms with Gasteiger partial charge < -0.3 is 5.32 Å². The van der Waals surface area contributed by atoms with Crippen molar-refractivity contribution < 1.29 is 13.2 Å². The first kappa shape index (κ1) is 16.4. The van der Waals surface area contributed by atoms with Gasteiger partial charge in [0.05, 0.1) is 6.04 Å². The summed E-state index contributed by atoms with van der Waals surface area (Å²) in [6.07, 6.45) is 4.15. The number of aryl methyl sites for hydroxylation is 1. The molecule has 126 valence electrons. The van der Waals surface area contributed by atoms with E-state index in [0.717, 1.165) is 19.3 Å². The highest BCUT2D eigenvalue weighted by atomic mass is 32.2. The number of nitrogens with zero attached hydrogens (tertiary/aromatic N) is 1.